The molecule has 0 fully saturated rings. The summed E-state index contributed by atoms with van der Waals surface area (Å²) >= 11 is 9.74. The summed E-state index contributed by atoms with van der Waals surface area (Å²) in [7, 11) is 0. The van der Waals surface area contributed by atoms with Crippen molar-refractivity contribution in [2.75, 3.05) is 17.2 Å². The first-order valence-electron chi connectivity index (χ1n) is 9.93. The SMILES string of the molecule is BrCCc1nnc(Cc2ccccc2)[se]1.NCC(=[Se])Cc1ccccc1.O=C(O)CCBr. The van der Waals surface area contributed by atoms with Crippen LogP contribution in [-0.4, -0.2) is 73.0 Å². The van der Waals surface area contributed by atoms with Crippen molar-refractivity contribution in [2.45, 2.75) is 25.7 Å². The molecule has 0 atom stereocenters. The predicted octanol–water partition coefficient (Wildman–Crippen LogP) is 3.45. The molecule has 3 rings (SSSR count). The smallest absolute Gasteiger partial charge is 0.304 e. The van der Waals surface area contributed by atoms with E-state index >= 15 is 0 Å². The Morgan fingerprint density at radius 3 is 1.97 bits per heavy atom. The Balaban J connectivity index is 0.000000265. The zero-order chi connectivity index (χ0) is 23.6. The van der Waals surface area contributed by atoms with Crippen LogP contribution in [0, 0.1) is 0 Å². The molecule has 0 aliphatic heterocycles. The number of alkyl halides is 2. The van der Waals surface area contributed by atoms with Crippen molar-refractivity contribution in [3.8, 4) is 0 Å². The van der Waals surface area contributed by atoms with E-state index in [1.54, 1.807) is 0 Å². The van der Waals surface area contributed by atoms with Gasteiger partial charge in [0.25, 0.3) is 0 Å². The van der Waals surface area contributed by atoms with Crippen LogP contribution < -0.4 is 5.73 Å². The fraction of sp³-hybridized carbons (Fsp3) is 0.304. The maximum Gasteiger partial charge on any atom is 0.304 e. The maximum absolute atomic E-state index is 9.57. The first-order valence-corrected chi connectivity index (χ1v) is 14.7. The third-order valence-corrected chi connectivity index (χ3v) is 7.30. The Morgan fingerprint density at radius 2 is 1.50 bits per heavy atom. The molecule has 32 heavy (non-hydrogen) atoms. The molecule has 1 aromatic heterocycles. The molecule has 3 aromatic rings. The van der Waals surface area contributed by atoms with Crippen molar-refractivity contribution in [2.24, 2.45) is 5.73 Å². The summed E-state index contributed by atoms with van der Waals surface area (Å²) < 4.78 is 3.70. The van der Waals surface area contributed by atoms with Crippen molar-refractivity contribution in [3.05, 3.63) is 80.9 Å². The van der Waals surface area contributed by atoms with Gasteiger partial charge in [-0.2, -0.15) is 0 Å². The summed E-state index contributed by atoms with van der Waals surface area (Å²) in [4.78, 5) is 9.57. The number of hydrogen-bond donors (Lipinski definition) is 2. The van der Waals surface area contributed by atoms with Crippen LogP contribution in [0.3, 0.4) is 0 Å². The molecule has 172 valence electrons. The molecule has 0 radical (unpaired) electrons. The molecule has 0 unspecified atom stereocenters. The third-order valence-electron chi connectivity index (χ3n) is 3.80. The Labute approximate surface area is 220 Å². The number of hydrogen-bond acceptors (Lipinski definition) is 4. The van der Waals surface area contributed by atoms with Crippen LogP contribution in [0.5, 0.6) is 0 Å². The Kier molecular flexibility index (Phi) is 16.8. The summed E-state index contributed by atoms with van der Waals surface area (Å²) in [5.41, 5.74) is 8.09. The number of nitrogens with zero attached hydrogens (tertiary/aromatic N) is 2. The zero-order valence-corrected chi connectivity index (χ0v) is 24.2. The number of aryl methyl sites for hydroxylation is 1. The van der Waals surface area contributed by atoms with E-state index in [2.05, 4.69) is 94.0 Å². The monoisotopic (exact) mass is 695 g/mol. The Morgan fingerprint density at radius 1 is 0.938 bits per heavy atom. The number of aromatic nitrogens is 2. The molecule has 0 saturated carbocycles. The Bertz CT molecular complexity index is 910. The van der Waals surface area contributed by atoms with Gasteiger partial charge in [-0.05, 0) is 0 Å². The van der Waals surface area contributed by atoms with Crippen LogP contribution in [0.15, 0.2) is 60.7 Å². The number of carboxylic acid groups (broad SMARTS) is 1. The fourth-order valence-electron chi connectivity index (χ4n) is 2.29. The minimum absolute atomic E-state index is 0.208. The normalized spacial score (nSPS) is 9.72. The largest absolute Gasteiger partial charge is 0.481 e. The van der Waals surface area contributed by atoms with Crippen LogP contribution in [0.25, 0.3) is 0 Å². The van der Waals surface area contributed by atoms with Gasteiger partial charge in [0.05, 0.1) is 6.42 Å². The standard InChI is InChI=1S/C11H11BrN2Se.C9H11NSe.C3H5BrO2/c12-7-6-10-13-14-11(15-10)8-9-4-2-1-3-5-9;10-7-9(11)6-8-4-2-1-3-5-8;4-2-1-3(5)6/h1-5H,6-8H2;1-5H,6-7,10H2;1-2H2,(H,5,6). The summed E-state index contributed by atoms with van der Waals surface area (Å²) in [6, 6.07) is 20.8. The minimum atomic E-state index is -0.758. The van der Waals surface area contributed by atoms with E-state index in [4.69, 9.17) is 10.8 Å². The predicted molar refractivity (Wildman–Crippen MR) is 142 cm³/mol. The van der Waals surface area contributed by atoms with Crippen LogP contribution in [0.4, 0.5) is 0 Å². The van der Waals surface area contributed by atoms with E-state index in [0.29, 0.717) is 26.4 Å². The number of carbonyl (C=O) groups is 1. The number of rotatable bonds is 9. The van der Waals surface area contributed by atoms with Gasteiger partial charge in [-0.3, -0.25) is 4.79 Å². The molecular formula is C23H27Br2N3O2Se2. The van der Waals surface area contributed by atoms with E-state index < -0.39 is 5.97 Å². The van der Waals surface area contributed by atoms with E-state index in [-0.39, 0.29) is 6.42 Å². The van der Waals surface area contributed by atoms with Crippen molar-refractivity contribution in [1.29, 1.82) is 0 Å². The molecule has 0 spiro atoms. The second kappa shape index (κ2) is 18.5. The van der Waals surface area contributed by atoms with Gasteiger partial charge < -0.3 is 5.11 Å². The first-order chi connectivity index (χ1) is 15.5. The maximum atomic E-state index is 9.57. The van der Waals surface area contributed by atoms with Gasteiger partial charge >= 0.3 is 184 Å². The van der Waals surface area contributed by atoms with Crippen molar-refractivity contribution in [3.63, 3.8) is 0 Å². The number of nitrogens with two attached hydrogens (primary N) is 1. The van der Waals surface area contributed by atoms with Crippen molar-refractivity contribution < 1.29 is 9.90 Å². The molecule has 0 aliphatic rings. The average Bonchev–Trinajstić information content (AvgIpc) is 3.23. The number of aliphatic carboxylic acids is 1. The van der Waals surface area contributed by atoms with Gasteiger partial charge in [0, 0.05) is 5.33 Å². The van der Waals surface area contributed by atoms with Crippen molar-refractivity contribution in [1.82, 2.24) is 10.2 Å². The summed E-state index contributed by atoms with van der Waals surface area (Å²) in [5, 5.41) is 17.9. The van der Waals surface area contributed by atoms with Crippen LogP contribution >= 0.6 is 31.9 Å². The topological polar surface area (TPSA) is 89.1 Å². The molecule has 0 saturated heterocycles. The second-order valence-corrected chi connectivity index (χ2v) is 11.6. The molecule has 3 N–H and O–H groups in total. The van der Waals surface area contributed by atoms with E-state index in [0.717, 1.165) is 24.6 Å². The van der Waals surface area contributed by atoms with Gasteiger partial charge in [0.1, 0.15) is 0 Å². The second-order valence-electron chi connectivity index (χ2n) is 6.43. The number of halogens is 2. The van der Waals surface area contributed by atoms with Gasteiger partial charge in [-0.15, -0.1) is 0 Å². The third kappa shape index (κ3) is 14.3. The van der Waals surface area contributed by atoms with E-state index in [1.807, 2.05) is 24.3 Å². The molecule has 0 bridgehead atoms. The van der Waals surface area contributed by atoms with Gasteiger partial charge in [-0.1, -0.05) is 15.9 Å². The molecule has 0 amide bonds. The molecule has 2 aromatic carbocycles. The van der Waals surface area contributed by atoms with Crippen LogP contribution in [-0.2, 0) is 24.1 Å². The molecule has 1 heterocycles. The van der Waals surface area contributed by atoms with Crippen LogP contribution in [0.1, 0.15) is 26.7 Å². The molecular weight excluding hydrogens is 668 g/mol. The number of carboxylic acids is 1. The van der Waals surface area contributed by atoms with E-state index in [9.17, 15) is 4.79 Å². The fourth-order valence-corrected chi connectivity index (χ4v) is 5.79. The number of benzene rings is 2. The van der Waals surface area contributed by atoms with Gasteiger partial charge in [-0.25, -0.2) is 0 Å². The summed E-state index contributed by atoms with van der Waals surface area (Å²) in [5.74, 6) is -0.758. The Hall–Kier alpha value is -0.921. The molecule has 5 nitrogen and oxygen atoms in total. The molecule has 9 heteroatoms. The average molecular weight is 695 g/mol. The molecule has 0 aliphatic carbocycles. The summed E-state index contributed by atoms with van der Waals surface area (Å²) in [6.07, 6.45) is 3.15. The van der Waals surface area contributed by atoms with E-state index in [1.165, 1.54) is 24.7 Å². The summed E-state index contributed by atoms with van der Waals surface area (Å²) in [6.45, 7) is 0.634. The quantitative estimate of drug-likeness (QED) is 0.265. The van der Waals surface area contributed by atoms with Gasteiger partial charge in [0.15, 0.2) is 0 Å². The van der Waals surface area contributed by atoms with Gasteiger partial charge in [0.2, 0.25) is 0 Å². The van der Waals surface area contributed by atoms with Crippen molar-refractivity contribution >= 4 is 72.3 Å². The zero-order valence-electron chi connectivity index (χ0n) is 17.6. The first kappa shape index (κ1) is 29.1. The van der Waals surface area contributed by atoms with Crippen LogP contribution in [0.2, 0.25) is 0 Å². The minimum Gasteiger partial charge on any atom is -0.481 e.